The molecule has 2 aromatic heterocycles. The Bertz CT molecular complexity index is 831. The molecule has 4 rings (SSSR count). The van der Waals surface area contributed by atoms with Gasteiger partial charge in [0.1, 0.15) is 23.7 Å². The van der Waals surface area contributed by atoms with E-state index in [2.05, 4.69) is 25.8 Å². The highest BCUT2D eigenvalue weighted by Gasteiger charge is 2.34. The number of hydrogen-bond donors (Lipinski definition) is 3. The van der Waals surface area contributed by atoms with Crippen LogP contribution in [0.5, 0.6) is 0 Å². The number of aromatic nitrogens is 3. The second kappa shape index (κ2) is 5.24. The summed E-state index contributed by atoms with van der Waals surface area (Å²) in [5.41, 5.74) is 1.95. The van der Waals surface area contributed by atoms with Gasteiger partial charge in [-0.1, -0.05) is 12.2 Å². The van der Waals surface area contributed by atoms with E-state index in [1.165, 1.54) is 6.33 Å². The Hall–Kier alpha value is -3.16. The Kier molecular flexibility index (Phi) is 3.07. The highest BCUT2D eigenvalue weighted by molar-refractivity contribution is 6.04. The summed E-state index contributed by atoms with van der Waals surface area (Å²) < 4.78 is 5.77. The molecule has 1 atom stereocenters. The molecule has 3 heterocycles. The molecule has 116 valence electrons. The van der Waals surface area contributed by atoms with Crippen LogP contribution in [0.1, 0.15) is 29.0 Å². The van der Waals surface area contributed by atoms with E-state index in [-0.39, 0.29) is 0 Å². The first kappa shape index (κ1) is 13.5. The number of amides is 3. The van der Waals surface area contributed by atoms with Crippen molar-refractivity contribution < 1.29 is 14.0 Å². The van der Waals surface area contributed by atoms with Crippen molar-refractivity contribution in [2.24, 2.45) is 0 Å². The van der Waals surface area contributed by atoms with Crippen molar-refractivity contribution in [3.8, 4) is 0 Å². The third kappa shape index (κ3) is 2.54. The van der Waals surface area contributed by atoms with E-state index < -0.39 is 18.0 Å². The minimum Gasteiger partial charge on any atom is -0.462 e. The molecule has 23 heavy (non-hydrogen) atoms. The topological polar surface area (TPSA) is 113 Å². The fourth-order valence-corrected chi connectivity index (χ4v) is 2.69. The number of urea groups is 1. The molecule has 8 nitrogen and oxygen atoms in total. The van der Waals surface area contributed by atoms with E-state index in [0.29, 0.717) is 18.6 Å². The van der Waals surface area contributed by atoms with Crippen LogP contribution in [0.15, 0.2) is 34.5 Å². The Morgan fingerprint density at radius 2 is 2.26 bits per heavy atom. The van der Waals surface area contributed by atoms with Crippen LogP contribution >= 0.6 is 0 Å². The Morgan fingerprint density at radius 3 is 3.00 bits per heavy atom. The number of aromatic amines is 1. The number of allylic oxidation sites excluding steroid dienone is 3. The number of fused-ring (bicyclic) bond motifs is 1. The van der Waals surface area contributed by atoms with Gasteiger partial charge in [-0.3, -0.25) is 15.2 Å². The average Bonchev–Trinajstić information content (AvgIpc) is 3.19. The number of nitrogens with zero attached hydrogens (tertiary/aromatic N) is 2. The summed E-state index contributed by atoms with van der Waals surface area (Å²) in [5.74, 6) is 1.57. The van der Waals surface area contributed by atoms with E-state index in [4.69, 9.17) is 4.42 Å². The molecule has 3 amide bonds. The molecule has 0 saturated carbocycles. The number of hydrogen-bond acceptors (Lipinski definition) is 5. The number of nitrogens with one attached hydrogen (secondary N) is 3. The van der Waals surface area contributed by atoms with E-state index in [1.807, 2.05) is 18.2 Å². The first-order valence-corrected chi connectivity index (χ1v) is 7.14. The fourth-order valence-electron chi connectivity index (χ4n) is 2.69. The quantitative estimate of drug-likeness (QED) is 0.732. The van der Waals surface area contributed by atoms with Gasteiger partial charge < -0.3 is 9.73 Å². The molecule has 1 fully saturated rings. The van der Waals surface area contributed by atoms with Gasteiger partial charge in [-0.25, -0.2) is 9.78 Å². The second-order valence-corrected chi connectivity index (χ2v) is 5.36. The molecular weight excluding hydrogens is 298 g/mol. The standard InChI is InChI=1S/C15H13N5O3/c21-14-13(18-15(22)19-14)11-6-9-4-8(2-1-3-10(9)23-11)5-12-16-7-17-20-12/h1-2,4,6-7,13H,3,5H2,(H,16,17,20)(H2,18,19,21,22). The monoisotopic (exact) mass is 311 g/mol. The Labute approximate surface area is 130 Å². The van der Waals surface area contributed by atoms with Gasteiger partial charge >= 0.3 is 6.03 Å². The van der Waals surface area contributed by atoms with Crippen molar-refractivity contribution in [3.05, 3.63) is 53.0 Å². The number of carbonyl (C=O) groups excluding carboxylic acids is 2. The van der Waals surface area contributed by atoms with Crippen molar-refractivity contribution in [2.45, 2.75) is 18.9 Å². The fraction of sp³-hybridized carbons (Fsp3) is 0.200. The van der Waals surface area contributed by atoms with Crippen molar-refractivity contribution in [3.63, 3.8) is 0 Å². The lowest BCUT2D eigenvalue weighted by atomic mass is 10.1. The smallest absolute Gasteiger partial charge is 0.322 e. The predicted molar refractivity (Wildman–Crippen MR) is 79.0 cm³/mol. The Balaban J connectivity index is 1.63. The number of H-pyrrole nitrogens is 1. The van der Waals surface area contributed by atoms with Crippen LogP contribution in [-0.4, -0.2) is 27.1 Å². The van der Waals surface area contributed by atoms with Gasteiger partial charge in [0.2, 0.25) is 0 Å². The third-order valence-electron chi connectivity index (χ3n) is 3.73. The van der Waals surface area contributed by atoms with Gasteiger partial charge in [0.05, 0.1) is 0 Å². The van der Waals surface area contributed by atoms with Crippen LogP contribution in [0.25, 0.3) is 6.08 Å². The van der Waals surface area contributed by atoms with E-state index in [9.17, 15) is 9.59 Å². The lowest BCUT2D eigenvalue weighted by Crippen LogP contribution is -2.22. The van der Waals surface area contributed by atoms with Crippen LogP contribution in [0.2, 0.25) is 0 Å². The number of furan rings is 1. The number of carbonyl (C=O) groups is 2. The molecule has 2 aromatic rings. The van der Waals surface area contributed by atoms with Gasteiger partial charge in [0.25, 0.3) is 5.91 Å². The van der Waals surface area contributed by atoms with Crippen LogP contribution < -0.4 is 10.6 Å². The summed E-state index contributed by atoms with van der Waals surface area (Å²) in [6, 6.07) is 0.510. The highest BCUT2D eigenvalue weighted by atomic mass is 16.3. The van der Waals surface area contributed by atoms with Crippen molar-refractivity contribution >= 4 is 18.0 Å². The molecule has 0 spiro atoms. The first-order chi connectivity index (χ1) is 11.2. The molecule has 1 saturated heterocycles. The first-order valence-electron chi connectivity index (χ1n) is 7.14. The normalized spacial score (nSPS) is 19.8. The zero-order valence-corrected chi connectivity index (χ0v) is 12.0. The van der Waals surface area contributed by atoms with Gasteiger partial charge in [0, 0.05) is 18.4 Å². The molecule has 0 aromatic carbocycles. The zero-order chi connectivity index (χ0) is 15.8. The molecule has 1 unspecified atom stereocenters. The number of imide groups is 1. The summed E-state index contributed by atoms with van der Waals surface area (Å²) in [6.07, 6.45) is 8.71. The minimum absolute atomic E-state index is 0.402. The van der Waals surface area contributed by atoms with Crippen molar-refractivity contribution in [2.75, 3.05) is 0 Å². The zero-order valence-electron chi connectivity index (χ0n) is 12.0. The maximum Gasteiger partial charge on any atom is 0.322 e. The van der Waals surface area contributed by atoms with Gasteiger partial charge in [-0.05, 0) is 17.7 Å². The molecule has 1 aliphatic carbocycles. The Morgan fingerprint density at radius 1 is 1.35 bits per heavy atom. The van der Waals surface area contributed by atoms with Crippen LogP contribution in [0, 0.1) is 0 Å². The van der Waals surface area contributed by atoms with Crippen LogP contribution in [-0.2, 0) is 17.6 Å². The summed E-state index contributed by atoms with van der Waals surface area (Å²) in [4.78, 5) is 27.1. The van der Waals surface area contributed by atoms with E-state index >= 15 is 0 Å². The SMILES string of the molecule is O=C1NC(=O)C(c2cc3c(o2)CC=CC(Cc2ncn[nH]2)=C3)N1. The molecule has 3 N–H and O–H groups in total. The van der Waals surface area contributed by atoms with Gasteiger partial charge in [-0.2, -0.15) is 5.10 Å². The summed E-state index contributed by atoms with van der Waals surface area (Å²) in [5, 5.41) is 11.4. The molecule has 8 heteroatoms. The van der Waals surface area contributed by atoms with Crippen molar-refractivity contribution in [1.29, 1.82) is 0 Å². The lowest BCUT2D eigenvalue weighted by Gasteiger charge is -2.02. The number of rotatable bonds is 3. The van der Waals surface area contributed by atoms with Crippen LogP contribution in [0.4, 0.5) is 4.79 Å². The molecule has 0 bridgehead atoms. The minimum atomic E-state index is -0.774. The molecular formula is C15H13N5O3. The predicted octanol–water partition coefficient (Wildman–Crippen LogP) is 1.02. The third-order valence-corrected chi connectivity index (χ3v) is 3.73. The highest BCUT2D eigenvalue weighted by Crippen LogP contribution is 2.28. The average molecular weight is 311 g/mol. The van der Waals surface area contributed by atoms with E-state index in [1.54, 1.807) is 6.07 Å². The van der Waals surface area contributed by atoms with Gasteiger partial charge in [0.15, 0.2) is 6.04 Å². The summed E-state index contributed by atoms with van der Waals surface area (Å²) in [7, 11) is 0. The molecule has 1 aliphatic heterocycles. The maximum absolute atomic E-state index is 11.7. The maximum atomic E-state index is 11.7. The van der Waals surface area contributed by atoms with Crippen molar-refractivity contribution in [1.82, 2.24) is 25.8 Å². The van der Waals surface area contributed by atoms with Gasteiger partial charge in [-0.15, -0.1) is 0 Å². The summed E-state index contributed by atoms with van der Waals surface area (Å²) in [6.45, 7) is 0. The summed E-state index contributed by atoms with van der Waals surface area (Å²) >= 11 is 0. The largest absolute Gasteiger partial charge is 0.462 e. The lowest BCUT2D eigenvalue weighted by molar-refractivity contribution is -0.120. The molecule has 2 aliphatic rings. The van der Waals surface area contributed by atoms with E-state index in [0.717, 1.165) is 22.7 Å². The van der Waals surface area contributed by atoms with Crippen LogP contribution in [0.3, 0.4) is 0 Å². The second-order valence-electron chi connectivity index (χ2n) is 5.36. The molecule has 0 radical (unpaired) electrons.